The molecule has 5 heteroatoms. The van der Waals surface area contributed by atoms with Crippen molar-refractivity contribution in [1.29, 1.82) is 0 Å². The molecular weight excluding hydrogens is 360 g/mol. The van der Waals surface area contributed by atoms with Crippen LogP contribution in [0.5, 0.6) is 0 Å². The predicted octanol–water partition coefficient (Wildman–Crippen LogP) is 2.63. The highest BCUT2D eigenvalue weighted by Crippen LogP contribution is 2.20. The Labute approximate surface area is 172 Å². The van der Waals surface area contributed by atoms with Crippen molar-refractivity contribution in [2.24, 2.45) is 10.7 Å². The Morgan fingerprint density at radius 2 is 1.66 bits per heavy atom. The number of hydrogen-bond acceptors (Lipinski definition) is 4. The predicted molar refractivity (Wildman–Crippen MR) is 117 cm³/mol. The Morgan fingerprint density at radius 1 is 0.966 bits per heavy atom. The number of aliphatic imine (C=N–C) groups is 1. The Bertz CT molecular complexity index is 878. The number of rotatable bonds is 4. The first kappa shape index (κ1) is 19.4. The van der Waals surface area contributed by atoms with E-state index in [-0.39, 0.29) is 18.0 Å². The first-order valence-electron chi connectivity index (χ1n) is 10.3. The van der Waals surface area contributed by atoms with E-state index in [4.69, 9.17) is 10.7 Å². The van der Waals surface area contributed by atoms with Crippen molar-refractivity contribution in [3.8, 4) is 0 Å². The third-order valence-corrected chi connectivity index (χ3v) is 5.59. The van der Waals surface area contributed by atoms with Gasteiger partial charge in [0.05, 0.1) is 0 Å². The van der Waals surface area contributed by atoms with Gasteiger partial charge in [-0.3, -0.25) is 9.79 Å². The molecule has 1 amide bonds. The monoisotopic (exact) mass is 388 g/mol. The van der Waals surface area contributed by atoms with Crippen LogP contribution in [0.1, 0.15) is 17.5 Å². The fourth-order valence-electron chi connectivity index (χ4n) is 3.98. The second-order valence-electron chi connectivity index (χ2n) is 7.70. The van der Waals surface area contributed by atoms with Crippen LogP contribution < -0.4 is 5.73 Å². The van der Waals surface area contributed by atoms with Crippen LogP contribution in [0.15, 0.2) is 77.8 Å². The zero-order chi connectivity index (χ0) is 20.1. The van der Waals surface area contributed by atoms with Gasteiger partial charge in [0.15, 0.2) is 0 Å². The number of nitrogens with two attached hydrogens (primary N) is 1. The molecule has 0 aliphatic carbocycles. The number of benzene rings is 2. The van der Waals surface area contributed by atoms with Gasteiger partial charge >= 0.3 is 0 Å². The first-order valence-corrected chi connectivity index (χ1v) is 10.3. The molecule has 2 atom stereocenters. The Morgan fingerprint density at radius 3 is 2.38 bits per heavy atom. The summed E-state index contributed by atoms with van der Waals surface area (Å²) in [6.07, 6.45) is 5.51. The molecule has 29 heavy (non-hydrogen) atoms. The molecule has 0 spiro atoms. The summed E-state index contributed by atoms with van der Waals surface area (Å²) in [5, 5.41) is 0. The van der Waals surface area contributed by atoms with Crippen LogP contribution in [0.3, 0.4) is 0 Å². The maximum atomic E-state index is 13.5. The summed E-state index contributed by atoms with van der Waals surface area (Å²) in [7, 11) is 0. The van der Waals surface area contributed by atoms with Gasteiger partial charge in [0, 0.05) is 38.6 Å². The average molecular weight is 389 g/mol. The summed E-state index contributed by atoms with van der Waals surface area (Å²) in [6.45, 7) is 2.80. The van der Waals surface area contributed by atoms with Crippen LogP contribution in [0, 0.1) is 0 Å². The lowest BCUT2D eigenvalue weighted by atomic mass is 10.00. The summed E-state index contributed by atoms with van der Waals surface area (Å²) in [4.78, 5) is 22.4. The van der Waals surface area contributed by atoms with Gasteiger partial charge in [-0.1, -0.05) is 66.7 Å². The molecule has 0 saturated carbocycles. The quantitative estimate of drug-likeness (QED) is 0.876. The number of amidine groups is 1. The Hall–Kier alpha value is -2.92. The highest BCUT2D eigenvalue weighted by Gasteiger charge is 2.36. The highest BCUT2D eigenvalue weighted by atomic mass is 16.2. The van der Waals surface area contributed by atoms with Crippen molar-refractivity contribution in [1.82, 2.24) is 9.80 Å². The van der Waals surface area contributed by atoms with E-state index < -0.39 is 0 Å². The zero-order valence-electron chi connectivity index (χ0n) is 16.7. The molecule has 1 saturated heterocycles. The van der Waals surface area contributed by atoms with Crippen LogP contribution in [0.25, 0.3) is 0 Å². The van der Waals surface area contributed by atoms with E-state index in [2.05, 4.69) is 29.2 Å². The second-order valence-corrected chi connectivity index (χ2v) is 7.70. The Kier molecular flexibility index (Phi) is 6.06. The van der Waals surface area contributed by atoms with Crippen molar-refractivity contribution < 1.29 is 4.79 Å². The van der Waals surface area contributed by atoms with Gasteiger partial charge < -0.3 is 15.5 Å². The molecule has 2 aliphatic heterocycles. The van der Waals surface area contributed by atoms with Crippen molar-refractivity contribution >= 4 is 11.7 Å². The van der Waals surface area contributed by atoms with E-state index in [0.717, 1.165) is 29.9 Å². The minimum Gasteiger partial charge on any atom is -0.343 e. The van der Waals surface area contributed by atoms with Gasteiger partial charge in [-0.2, -0.15) is 0 Å². The third kappa shape index (κ3) is 4.74. The zero-order valence-corrected chi connectivity index (χ0v) is 16.7. The molecule has 2 aromatic carbocycles. The lowest BCUT2D eigenvalue weighted by Gasteiger charge is -2.42. The molecule has 2 N–H and O–H groups in total. The maximum Gasteiger partial charge on any atom is 0.246 e. The lowest BCUT2D eigenvalue weighted by Crippen LogP contribution is -2.59. The van der Waals surface area contributed by atoms with E-state index in [0.29, 0.717) is 26.1 Å². The maximum absolute atomic E-state index is 13.5. The van der Waals surface area contributed by atoms with Gasteiger partial charge in [-0.05, 0) is 23.6 Å². The van der Waals surface area contributed by atoms with Crippen molar-refractivity contribution in [3.63, 3.8) is 0 Å². The summed E-state index contributed by atoms with van der Waals surface area (Å²) in [5.74, 6) is 1.04. The van der Waals surface area contributed by atoms with Crippen LogP contribution in [-0.4, -0.2) is 53.3 Å². The number of hydrogen-bond donors (Lipinski definition) is 1. The van der Waals surface area contributed by atoms with E-state index >= 15 is 0 Å². The molecule has 1 fully saturated rings. The van der Waals surface area contributed by atoms with E-state index in [9.17, 15) is 4.79 Å². The topological polar surface area (TPSA) is 61.9 Å². The number of piperazine rings is 1. The molecule has 2 aromatic rings. The van der Waals surface area contributed by atoms with Crippen molar-refractivity contribution in [2.75, 3.05) is 19.6 Å². The van der Waals surface area contributed by atoms with Crippen LogP contribution in [0.2, 0.25) is 0 Å². The fraction of sp³-hybridized carbons (Fsp3) is 0.333. The van der Waals surface area contributed by atoms with Gasteiger partial charge in [0.2, 0.25) is 5.91 Å². The number of carbonyl (C=O) groups is 1. The average Bonchev–Trinajstić information content (AvgIpc) is 2.97. The van der Waals surface area contributed by atoms with Crippen LogP contribution in [0.4, 0.5) is 0 Å². The smallest absolute Gasteiger partial charge is 0.246 e. The molecule has 5 nitrogen and oxygen atoms in total. The van der Waals surface area contributed by atoms with Gasteiger partial charge in [0.1, 0.15) is 11.9 Å². The summed E-state index contributed by atoms with van der Waals surface area (Å²) in [5.41, 5.74) is 8.38. The molecule has 150 valence electrons. The fourth-order valence-corrected chi connectivity index (χ4v) is 3.98. The number of amides is 1. The molecule has 0 bridgehead atoms. The molecule has 0 aromatic heterocycles. The van der Waals surface area contributed by atoms with Crippen LogP contribution in [-0.2, 0) is 17.8 Å². The molecule has 0 radical (unpaired) electrons. The van der Waals surface area contributed by atoms with E-state index in [1.165, 1.54) is 0 Å². The molecular formula is C24H28N4O. The standard InChI is InChI=1S/C24H28N4O/c25-21-11-12-23(26-14-13-21)28-16-15-27(18-20-9-5-2-6-10-20)24(29)22(28)17-19-7-3-1-4-8-19/h1-12,21-22H,13-18,25H2. The summed E-state index contributed by atoms with van der Waals surface area (Å²) < 4.78 is 0. The summed E-state index contributed by atoms with van der Waals surface area (Å²) in [6, 6.07) is 20.2. The Balaban J connectivity index is 1.59. The van der Waals surface area contributed by atoms with Crippen molar-refractivity contribution in [3.05, 3.63) is 83.9 Å². The van der Waals surface area contributed by atoms with Crippen molar-refractivity contribution in [2.45, 2.75) is 31.5 Å². The normalized spacial score (nSPS) is 22.4. The largest absolute Gasteiger partial charge is 0.343 e. The third-order valence-electron chi connectivity index (χ3n) is 5.59. The van der Waals surface area contributed by atoms with Gasteiger partial charge in [-0.15, -0.1) is 0 Å². The minimum atomic E-state index is -0.257. The molecule has 2 aliphatic rings. The number of nitrogens with zero attached hydrogens (tertiary/aromatic N) is 3. The van der Waals surface area contributed by atoms with E-state index in [1.54, 1.807) is 0 Å². The second kappa shape index (κ2) is 9.05. The SMILES string of the molecule is NC1C=CC(N2CCN(Cc3ccccc3)C(=O)C2Cc2ccccc2)=NCC1. The first-order chi connectivity index (χ1) is 14.2. The minimum absolute atomic E-state index is 0.0268. The molecule has 2 heterocycles. The summed E-state index contributed by atoms with van der Waals surface area (Å²) >= 11 is 0. The van der Waals surface area contributed by atoms with E-state index in [1.807, 2.05) is 53.5 Å². The van der Waals surface area contributed by atoms with Crippen LogP contribution >= 0.6 is 0 Å². The van der Waals surface area contributed by atoms with Gasteiger partial charge in [0.25, 0.3) is 0 Å². The number of carbonyl (C=O) groups excluding carboxylic acids is 1. The molecule has 4 rings (SSSR count). The highest BCUT2D eigenvalue weighted by molar-refractivity contribution is 5.97. The molecule has 2 unspecified atom stereocenters. The van der Waals surface area contributed by atoms with Gasteiger partial charge in [-0.25, -0.2) is 0 Å². The lowest BCUT2D eigenvalue weighted by molar-refractivity contribution is -0.140.